The molecule has 2 aromatic carbocycles. The number of halogens is 1. The van der Waals surface area contributed by atoms with Crippen LogP contribution in [0.5, 0.6) is 0 Å². The van der Waals surface area contributed by atoms with Crippen molar-refractivity contribution < 1.29 is 9.18 Å². The summed E-state index contributed by atoms with van der Waals surface area (Å²) in [6.45, 7) is 5.77. The molecule has 2 aromatic rings. The van der Waals surface area contributed by atoms with Crippen LogP contribution in [0.2, 0.25) is 0 Å². The van der Waals surface area contributed by atoms with E-state index in [2.05, 4.69) is 21.9 Å². The van der Waals surface area contributed by atoms with E-state index in [0.717, 1.165) is 51.3 Å². The molecule has 4 rings (SSSR count). The predicted octanol–water partition coefficient (Wildman–Crippen LogP) is 3.32. The molecule has 1 amide bonds. The van der Waals surface area contributed by atoms with E-state index in [1.165, 1.54) is 11.6 Å². The highest BCUT2D eigenvalue weighted by Gasteiger charge is 2.31. The van der Waals surface area contributed by atoms with Gasteiger partial charge in [0.2, 0.25) is 5.91 Å². The van der Waals surface area contributed by atoms with Crippen LogP contribution in [0, 0.1) is 5.82 Å². The lowest BCUT2D eigenvalue weighted by Gasteiger charge is -2.40. The predicted molar refractivity (Wildman–Crippen MR) is 107 cm³/mol. The Bertz CT molecular complexity index is 817. The summed E-state index contributed by atoms with van der Waals surface area (Å²) in [5.74, 6) is -0.0125. The zero-order valence-electron chi connectivity index (χ0n) is 15.8. The van der Waals surface area contributed by atoms with Gasteiger partial charge in [-0.1, -0.05) is 30.3 Å². The largest absolute Gasteiger partial charge is 0.367 e. The fourth-order valence-corrected chi connectivity index (χ4v) is 4.20. The van der Waals surface area contributed by atoms with Crippen LogP contribution in [-0.4, -0.2) is 49.6 Å². The molecule has 0 spiro atoms. The fraction of sp³-hybridized carbons (Fsp3) is 0.409. The topological polar surface area (TPSA) is 26.8 Å². The van der Waals surface area contributed by atoms with Crippen molar-refractivity contribution in [3.63, 3.8) is 0 Å². The van der Waals surface area contributed by atoms with Crippen molar-refractivity contribution >= 4 is 17.3 Å². The van der Waals surface area contributed by atoms with Crippen LogP contribution < -0.4 is 9.80 Å². The molecule has 27 heavy (non-hydrogen) atoms. The molecule has 2 heterocycles. The maximum absolute atomic E-state index is 14.0. The SMILES string of the molecule is C[C@H](C(=O)N1CCCc2ccccc21)N1CCN(c2ccccc2F)CC1. The van der Waals surface area contributed by atoms with Crippen LogP contribution in [0.1, 0.15) is 18.9 Å². The van der Waals surface area contributed by atoms with Crippen molar-refractivity contribution in [1.29, 1.82) is 0 Å². The van der Waals surface area contributed by atoms with E-state index >= 15 is 0 Å². The number of piperazine rings is 1. The molecule has 2 aliphatic heterocycles. The number of hydrogen-bond acceptors (Lipinski definition) is 3. The molecular weight excluding hydrogens is 341 g/mol. The first-order chi connectivity index (χ1) is 13.1. The van der Waals surface area contributed by atoms with E-state index in [1.54, 1.807) is 6.07 Å². The molecule has 0 saturated carbocycles. The van der Waals surface area contributed by atoms with Gasteiger partial charge in [0.05, 0.1) is 11.7 Å². The van der Waals surface area contributed by atoms with Crippen molar-refractivity contribution in [1.82, 2.24) is 4.90 Å². The van der Waals surface area contributed by atoms with Gasteiger partial charge >= 0.3 is 0 Å². The third kappa shape index (κ3) is 3.56. The lowest BCUT2D eigenvalue weighted by Crippen LogP contribution is -2.55. The number of amides is 1. The molecule has 2 aliphatic rings. The van der Waals surface area contributed by atoms with Gasteiger partial charge in [0.25, 0.3) is 0 Å². The summed E-state index contributed by atoms with van der Waals surface area (Å²) < 4.78 is 14.0. The van der Waals surface area contributed by atoms with Crippen molar-refractivity contribution in [3.05, 3.63) is 59.9 Å². The first-order valence-corrected chi connectivity index (χ1v) is 9.78. The molecule has 1 fully saturated rings. The van der Waals surface area contributed by atoms with Crippen LogP contribution in [0.3, 0.4) is 0 Å². The summed E-state index contributed by atoms with van der Waals surface area (Å²) in [5.41, 5.74) is 2.97. The van der Waals surface area contributed by atoms with Gasteiger partial charge in [-0.15, -0.1) is 0 Å². The normalized spacial score (nSPS) is 18.9. The summed E-state index contributed by atoms with van der Waals surface area (Å²) in [6, 6.07) is 14.9. The first-order valence-electron chi connectivity index (χ1n) is 9.78. The van der Waals surface area contributed by atoms with Crippen molar-refractivity contribution in [3.8, 4) is 0 Å². The second-order valence-electron chi connectivity index (χ2n) is 7.37. The van der Waals surface area contributed by atoms with Gasteiger partial charge < -0.3 is 9.80 Å². The molecule has 0 radical (unpaired) electrons. The van der Waals surface area contributed by atoms with Crippen molar-refractivity contribution in [2.45, 2.75) is 25.8 Å². The summed E-state index contributed by atoms with van der Waals surface area (Å²) in [4.78, 5) is 19.4. The highest BCUT2D eigenvalue weighted by Crippen LogP contribution is 2.28. The van der Waals surface area contributed by atoms with Crippen LogP contribution in [-0.2, 0) is 11.2 Å². The molecule has 0 unspecified atom stereocenters. The Labute approximate surface area is 160 Å². The Morgan fingerprint density at radius 2 is 1.59 bits per heavy atom. The van der Waals surface area contributed by atoms with Gasteiger partial charge in [-0.05, 0) is 43.5 Å². The van der Waals surface area contributed by atoms with Gasteiger partial charge in [-0.2, -0.15) is 0 Å². The maximum Gasteiger partial charge on any atom is 0.244 e. The lowest BCUT2D eigenvalue weighted by molar-refractivity contribution is -0.123. The van der Waals surface area contributed by atoms with E-state index in [-0.39, 0.29) is 17.8 Å². The van der Waals surface area contributed by atoms with Gasteiger partial charge in [0, 0.05) is 38.4 Å². The summed E-state index contributed by atoms with van der Waals surface area (Å²) in [6.07, 6.45) is 2.05. The highest BCUT2D eigenvalue weighted by atomic mass is 19.1. The Morgan fingerprint density at radius 3 is 2.33 bits per heavy atom. The Morgan fingerprint density at radius 1 is 0.926 bits per heavy atom. The number of rotatable bonds is 3. The zero-order chi connectivity index (χ0) is 18.8. The number of fused-ring (bicyclic) bond motifs is 1. The average Bonchev–Trinajstić information content (AvgIpc) is 2.73. The van der Waals surface area contributed by atoms with Crippen LogP contribution in [0.15, 0.2) is 48.5 Å². The average molecular weight is 367 g/mol. The highest BCUT2D eigenvalue weighted by molar-refractivity contribution is 5.98. The summed E-state index contributed by atoms with van der Waals surface area (Å²) >= 11 is 0. The Hall–Kier alpha value is -2.40. The second-order valence-corrected chi connectivity index (χ2v) is 7.37. The lowest BCUT2D eigenvalue weighted by atomic mass is 10.0. The van der Waals surface area contributed by atoms with Crippen molar-refractivity contribution in [2.24, 2.45) is 0 Å². The minimum Gasteiger partial charge on any atom is -0.367 e. The molecule has 0 N–H and O–H groups in total. The van der Waals surface area contributed by atoms with E-state index in [9.17, 15) is 9.18 Å². The fourth-order valence-electron chi connectivity index (χ4n) is 4.20. The number of hydrogen-bond donors (Lipinski definition) is 0. The third-order valence-corrected chi connectivity index (χ3v) is 5.79. The molecule has 0 aliphatic carbocycles. The number of nitrogens with zero attached hydrogens (tertiary/aromatic N) is 3. The molecule has 1 atom stereocenters. The number of aryl methyl sites for hydroxylation is 1. The number of benzene rings is 2. The molecule has 142 valence electrons. The smallest absolute Gasteiger partial charge is 0.244 e. The molecule has 5 heteroatoms. The zero-order valence-corrected chi connectivity index (χ0v) is 15.8. The molecule has 0 bridgehead atoms. The maximum atomic E-state index is 14.0. The van der Waals surface area contributed by atoms with Gasteiger partial charge in [-0.25, -0.2) is 4.39 Å². The molecule has 1 saturated heterocycles. The molecular formula is C22H26FN3O. The van der Waals surface area contributed by atoms with Crippen molar-refractivity contribution in [2.75, 3.05) is 42.5 Å². The van der Waals surface area contributed by atoms with Gasteiger partial charge in [-0.3, -0.25) is 9.69 Å². The number of carbonyl (C=O) groups excluding carboxylic acids is 1. The van der Waals surface area contributed by atoms with E-state index in [0.29, 0.717) is 5.69 Å². The minimum atomic E-state index is -0.181. The second kappa shape index (κ2) is 7.69. The number of para-hydroxylation sites is 2. The first kappa shape index (κ1) is 18.0. The quantitative estimate of drug-likeness (QED) is 0.833. The van der Waals surface area contributed by atoms with Crippen LogP contribution >= 0.6 is 0 Å². The van der Waals surface area contributed by atoms with E-state index < -0.39 is 0 Å². The van der Waals surface area contributed by atoms with Crippen LogP contribution in [0.25, 0.3) is 0 Å². The van der Waals surface area contributed by atoms with Gasteiger partial charge in [0.15, 0.2) is 0 Å². The molecule has 4 nitrogen and oxygen atoms in total. The third-order valence-electron chi connectivity index (χ3n) is 5.79. The van der Waals surface area contributed by atoms with E-state index in [4.69, 9.17) is 0 Å². The summed E-state index contributed by atoms with van der Waals surface area (Å²) in [7, 11) is 0. The van der Waals surface area contributed by atoms with Gasteiger partial charge in [0.1, 0.15) is 5.82 Å². The summed E-state index contributed by atoms with van der Waals surface area (Å²) in [5, 5.41) is 0. The number of anilines is 2. The molecule has 0 aromatic heterocycles. The monoisotopic (exact) mass is 367 g/mol. The van der Waals surface area contributed by atoms with E-state index in [1.807, 2.05) is 36.1 Å². The number of carbonyl (C=O) groups is 1. The minimum absolute atomic E-state index is 0.168. The Kier molecular flexibility index (Phi) is 5.12. The standard InChI is InChI=1S/C22H26FN3O/c1-17(22(27)26-12-6-8-18-7-2-4-10-20(18)26)24-13-15-25(16-14-24)21-11-5-3-9-19(21)23/h2-5,7,9-11,17H,6,8,12-16H2,1H3/t17-/m1/s1. The Balaban J connectivity index is 1.42. The van der Waals surface area contributed by atoms with Crippen LogP contribution in [0.4, 0.5) is 15.8 Å².